The topological polar surface area (TPSA) is 70.7 Å². The van der Waals surface area contributed by atoms with Crippen LogP contribution in [0.2, 0.25) is 0 Å². The lowest BCUT2D eigenvalue weighted by Crippen LogP contribution is -2.44. The van der Waals surface area contributed by atoms with E-state index < -0.39 is 11.7 Å². The number of amides is 2. The Morgan fingerprint density at radius 2 is 1.94 bits per heavy atom. The highest BCUT2D eigenvalue weighted by atomic mass is 79.9. The molecule has 0 aromatic heterocycles. The summed E-state index contributed by atoms with van der Waals surface area (Å²) in [5.74, 6) is 1.11. The quantitative estimate of drug-likeness (QED) is 0.455. The van der Waals surface area contributed by atoms with E-state index in [4.69, 9.17) is 4.74 Å². The minimum Gasteiger partial charge on any atom is -0.444 e. The Morgan fingerprint density at radius 3 is 2.67 bits per heavy atom. The van der Waals surface area contributed by atoms with Crippen molar-refractivity contribution in [3.05, 3.63) is 57.2 Å². The second-order valence-corrected chi connectivity index (χ2v) is 12.3. The predicted octanol–water partition coefficient (Wildman–Crippen LogP) is 5.70. The molecule has 1 fully saturated rings. The van der Waals surface area contributed by atoms with Gasteiger partial charge in [-0.05, 0) is 104 Å². The van der Waals surface area contributed by atoms with Crippen molar-refractivity contribution < 1.29 is 14.3 Å². The number of likely N-dealkylation sites (tertiary alicyclic amines) is 1. The van der Waals surface area contributed by atoms with Crippen molar-refractivity contribution in [3.63, 3.8) is 0 Å². The number of rotatable bonds is 5. The second kappa shape index (κ2) is 11.4. The molecular weight excluding hydrogens is 518 g/mol. The molecule has 2 heterocycles. The van der Waals surface area contributed by atoms with Crippen molar-refractivity contribution >= 4 is 27.9 Å². The predicted molar refractivity (Wildman–Crippen MR) is 147 cm³/mol. The summed E-state index contributed by atoms with van der Waals surface area (Å²) in [6.45, 7) is 9.73. The summed E-state index contributed by atoms with van der Waals surface area (Å²) >= 11 is 3.66. The number of carbonyl (C=O) groups is 2. The van der Waals surface area contributed by atoms with Crippen LogP contribution in [0, 0.1) is 12.8 Å². The summed E-state index contributed by atoms with van der Waals surface area (Å²) in [7, 11) is 0. The molecule has 2 atom stereocenters. The molecule has 4 rings (SSSR count). The zero-order valence-electron chi connectivity index (χ0n) is 22.0. The summed E-state index contributed by atoms with van der Waals surface area (Å²) in [4.78, 5) is 26.7. The fraction of sp³-hybridized carbons (Fsp3) is 0.586. The number of aryl methyl sites for hydroxylation is 2. The van der Waals surface area contributed by atoms with E-state index in [1.807, 2.05) is 25.7 Å². The van der Waals surface area contributed by atoms with Crippen LogP contribution >= 0.6 is 15.9 Å². The lowest BCUT2D eigenvalue weighted by Gasteiger charge is -2.41. The Labute approximate surface area is 224 Å². The first kappa shape index (κ1) is 26.8. The smallest absolute Gasteiger partial charge is 0.407 e. The second-order valence-electron chi connectivity index (χ2n) is 11.4. The maximum absolute atomic E-state index is 12.9. The minimum absolute atomic E-state index is 0.180. The van der Waals surface area contributed by atoms with E-state index in [2.05, 4.69) is 64.0 Å². The normalized spacial score (nSPS) is 22.3. The number of piperidine rings is 1. The summed E-state index contributed by atoms with van der Waals surface area (Å²) in [6, 6.07) is 7.27. The summed E-state index contributed by atoms with van der Waals surface area (Å²) in [6.07, 6.45) is 9.19. The van der Waals surface area contributed by atoms with E-state index in [1.54, 1.807) is 0 Å². The van der Waals surface area contributed by atoms with Gasteiger partial charge in [0.05, 0.1) is 6.04 Å². The molecule has 1 aromatic carbocycles. The number of hydrogen-bond donors (Lipinski definition) is 2. The van der Waals surface area contributed by atoms with Gasteiger partial charge in [-0.25, -0.2) is 4.79 Å². The summed E-state index contributed by atoms with van der Waals surface area (Å²) in [5.41, 5.74) is 5.23. The Hall–Kier alpha value is -2.28. The van der Waals surface area contributed by atoms with Crippen LogP contribution in [0.3, 0.4) is 0 Å². The van der Waals surface area contributed by atoms with E-state index in [9.17, 15) is 9.59 Å². The molecule has 3 aliphatic rings. The molecule has 1 saturated heterocycles. The Morgan fingerprint density at radius 1 is 1.19 bits per heavy atom. The van der Waals surface area contributed by atoms with Crippen LogP contribution in [0.15, 0.2) is 40.5 Å². The standard InChI is InChI=1S/C29H40BrN3O3/c1-19-7-10-24-21(16-19)8-9-22-17-23(30)18-32-27(22)26(24)20-11-14-33(15-12-20)25(34)6-5-13-31-28(35)36-29(2,3)4/h7,10,16-18,20,26-27,32H,5-6,8-9,11-15H2,1-4H3,(H,31,35). The van der Waals surface area contributed by atoms with Crippen LogP contribution in [0.1, 0.15) is 75.5 Å². The zero-order valence-corrected chi connectivity index (χ0v) is 23.6. The molecule has 7 heteroatoms. The van der Waals surface area contributed by atoms with Gasteiger partial charge < -0.3 is 20.3 Å². The largest absolute Gasteiger partial charge is 0.444 e. The molecule has 0 spiro atoms. The number of alkyl carbamates (subject to hydrolysis) is 1. The van der Waals surface area contributed by atoms with Gasteiger partial charge in [0.25, 0.3) is 0 Å². The molecule has 1 aliphatic carbocycles. The van der Waals surface area contributed by atoms with Gasteiger partial charge in [-0.15, -0.1) is 0 Å². The molecule has 6 nitrogen and oxygen atoms in total. The number of nitrogens with zero attached hydrogens (tertiary/aromatic N) is 1. The van der Waals surface area contributed by atoms with Gasteiger partial charge in [0, 0.05) is 42.7 Å². The highest BCUT2D eigenvalue weighted by Gasteiger charge is 2.38. The number of halogens is 1. The lowest BCUT2D eigenvalue weighted by atomic mass is 9.73. The van der Waals surface area contributed by atoms with Crippen LogP contribution in [0.25, 0.3) is 0 Å². The summed E-state index contributed by atoms with van der Waals surface area (Å²) < 4.78 is 6.36. The molecule has 0 bridgehead atoms. The molecule has 1 aromatic rings. The first-order chi connectivity index (χ1) is 17.1. The number of nitrogens with one attached hydrogen (secondary N) is 2. The fourth-order valence-corrected chi connectivity index (χ4v) is 6.24. The molecular formula is C29H40BrN3O3. The maximum Gasteiger partial charge on any atom is 0.407 e. The zero-order chi connectivity index (χ0) is 25.9. The average molecular weight is 559 g/mol. The SMILES string of the molecule is Cc1ccc2c(c1)CCC1=CC(Br)=CNC1C2C1CCN(C(=O)CCCNC(=O)OC(C)(C)C)CC1. The molecule has 2 aliphatic heterocycles. The third kappa shape index (κ3) is 6.72. The third-order valence-corrected chi connectivity index (χ3v) is 7.92. The molecule has 2 unspecified atom stereocenters. The lowest BCUT2D eigenvalue weighted by molar-refractivity contribution is -0.132. The van der Waals surface area contributed by atoms with Gasteiger partial charge in [0.15, 0.2) is 0 Å². The average Bonchev–Trinajstić information content (AvgIpc) is 2.97. The molecule has 0 saturated carbocycles. The number of benzene rings is 1. The van der Waals surface area contributed by atoms with Crippen molar-refractivity contribution in [1.82, 2.24) is 15.5 Å². The molecule has 196 valence electrons. The molecule has 2 amide bonds. The van der Waals surface area contributed by atoms with Gasteiger partial charge in [0.1, 0.15) is 5.60 Å². The van der Waals surface area contributed by atoms with Crippen LogP contribution in [-0.2, 0) is 16.0 Å². The molecule has 2 N–H and O–H groups in total. The van der Waals surface area contributed by atoms with Gasteiger partial charge in [-0.3, -0.25) is 4.79 Å². The molecule has 0 radical (unpaired) electrons. The van der Waals surface area contributed by atoms with E-state index in [0.29, 0.717) is 37.3 Å². The van der Waals surface area contributed by atoms with Crippen molar-refractivity contribution in [2.75, 3.05) is 19.6 Å². The van der Waals surface area contributed by atoms with Crippen molar-refractivity contribution in [2.45, 2.75) is 83.8 Å². The number of hydrogen-bond acceptors (Lipinski definition) is 4. The van der Waals surface area contributed by atoms with Crippen LogP contribution < -0.4 is 10.6 Å². The highest BCUT2D eigenvalue weighted by molar-refractivity contribution is 9.11. The Kier molecular flexibility index (Phi) is 8.48. The van der Waals surface area contributed by atoms with E-state index in [-0.39, 0.29) is 5.91 Å². The van der Waals surface area contributed by atoms with Crippen LogP contribution in [0.4, 0.5) is 4.79 Å². The summed E-state index contributed by atoms with van der Waals surface area (Å²) in [5, 5.41) is 6.45. The van der Waals surface area contributed by atoms with Crippen molar-refractivity contribution in [1.29, 1.82) is 0 Å². The number of ether oxygens (including phenoxy) is 1. The van der Waals surface area contributed by atoms with E-state index in [0.717, 1.165) is 43.3 Å². The van der Waals surface area contributed by atoms with Crippen molar-refractivity contribution in [2.24, 2.45) is 5.92 Å². The van der Waals surface area contributed by atoms with Crippen molar-refractivity contribution in [3.8, 4) is 0 Å². The molecule has 36 heavy (non-hydrogen) atoms. The first-order valence-corrected chi connectivity index (χ1v) is 14.1. The van der Waals surface area contributed by atoms with Gasteiger partial charge >= 0.3 is 6.09 Å². The van der Waals surface area contributed by atoms with Crippen LogP contribution in [-0.4, -0.2) is 48.2 Å². The highest BCUT2D eigenvalue weighted by Crippen LogP contribution is 2.44. The maximum atomic E-state index is 12.9. The monoisotopic (exact) mass is 557 g/mol. The third-order valence-electron chi connectivity index (χ3n) is 7.46. The number of dihydropyridines is 1. The van der Waals surface area contributed by atoms with Gasteiger partial charge in [0.2, 0.25) is 5.91 Å². The van der Waals surface area contributed by atoms with Gasteiger partial charge in [-0.1, -0.05) is 23.8 Å². The first-order valence-electron chi connectivity index (χ1n) is 13.3. The van der Waals surface area contributed by atoms with E-state index in [1.165, 1.54) is 22.3 Å². The minimum atomic E-state index is -0.516. The van der Waals surface area contributed by atoms with Gasteiger partial charge in [-0.2, -0.15) is 0 Å². The Balaban J connectivity index is 1.35. The number of carbonyl (C=O) groups excluding carboxylic acids is 2. The fourth-order valence-electron chi connectivity index (χ4n) is 5.82. The van der Waals surface area contributed by atoms with Crippen LogP contribution in [0.5, 0.6) is 0 Å². The van der Waals surface area contributed by atoms with E-state index >= 15 is 0 Å². The number of allylic oxidation sites excluding steroid dienone is 2. The number of fused-ring (bicyclic) bond motifs is 2. The Bertz CT molecular complexity index is 1030.